The number of carbonyl (C=O) groups excluding carboxylic acids is 2. The standard InChI is InChI=1S/C19H18Cl2N2O4/c1-3-26-18(24)11-27-17-7-5-13(8-16(17)21)10-22-23-19(25)14-6-4-12(2)15(20)9-14/h4-10H,3,11H2,1-2H3,(H,23,25)/b22-10-. The van der Waals surface area contributed by atoms with E-state index in [1.54, 1.807) is 43.3 Å². The number of esters is 1. The molecule has 0 aliphatic carbocycles. The summed E-state index contributed by atoms with van der Waals surface area (Å²) in [4.78, 5) is 23.3. The van der Waals surface area contributed by atoms with Crippen LogP contribution in [0.4, 0.5) is 0 Å². The number of nitrogens with zero attached hydrogens (tertiary/aromatic N) is 1. The van der Waals surface area contributed by atoms with Crippen LogP contribution < -0.4 is 10.2 Å². The van der Waals surface area contributed by atoms with Crippen LogP contribution in [0.5, 0.6) is 5.75 Å². The summed E-state index contributed by atoms with van der Waals surface area (Å²) in [6.45, 7) is 3.62. The van der Waals surface area contributed by atoms with E-state index >= 15 is 0 Å². The molecular weight excluding hydrogens is 391 g/mol. The molecular formula is C19H18Cl2N2O4. The molecule has 0 atom stereocenters. The quantitative estimate of drug-likeness (QED) is 0.426. The second kappa shape index (κ2) is 9.94. The number of rotatable bonds is 7. The minimum Gasteiger partial charge on any atom is -0.480 e. The van der Waals surface area contributed by atoms with Gasteiger partial charge in [-0.25, -0.2) is 10.2 Å². The highest BCUT2D eigenvalue weighted by Crippen LogP contribution is 2.25. The summed E-state index contributed by atoms with van der Waals surface area (Å²) in [7, 11) is 0. The molecule has 0 fully saturated rings. The van der Waals surface area contributed by atoms with Crippen molar-refractivity contribution in [2.24, 2.45) is 5.10 Å². The smallest absolute Gasteiger partial charge is 0.344 e. The Morgan fingerprint density at radius 2 is 1.93 bits per heavy atom. The summed E-state index contributed by atoms with van der Waals surface area (Å²) >= 11 is 12.1. The molecule has 142 valence electrons. The molecule has 0 heterocycles. The third-order valence-corrected chi connectivity index (χ3v) is 4.12. The number of nitrogens with one attached hydrogen (secondary N) is 1. The predicted molar refractivity (Wildman–Crippen MR) is 105 cm³/mol. The number of hydrogen-bond donors (Lipinski definition) is 1. The van der Waals surface area contributed by atoms with Crippen molar-refractivity contribution in [1.82, 2.24) is 5.43 Å². The monoisotopic (exact) mass is 408 g/mol. The van der Waals surface area contributed by atoms with Gasteiger partial charge in [0.05, 0.1) is 17.8 Å². The Kier molecular flexibility index (Phi) is 7.64. The summed E-state index contributed by atoms with van der Waals surface area (Å²) in [5.74, 6) is -0.507. The Morgan fingerprint density at radius 3 is 2.59 bits per heavy atom. The van der Waals surface area contributed by atoms with Crippen LogP contribution in [0.1, 0.15) is 28.4 Å². The summed E-state index contributed by atoms with van der Waals surface area (Å²) in [6.07, 6.45) is 1.44. The highest BCUT2D eigenvalue weighted by molar-refractivity contribution is 6.32. The van der Waals surface area contributed by atoms with Gasteiger partial charge >= 0.3 is 5.97 Å². The second-order valence-electron chi connectivity index (χ2n) is 5.45. The fourth-order valence-electron chi connectivity index (χ4n) is 2.02. The molecule has 0 saturated heterocycles. The van der Waals surface area contributed by atoms with Crippen molar-refractivity contribution in [3.8, 4) is 5.75 Å². The van der Waals surface area contributed by atoms with Crippen LogP contribution in [-0.2, 0) is 9.53 Å². The first-order valence-electron chi connectivity index (χ1n) is 8.08. The van der Waals surface area contributed by atoms with Gasteiger partial charge in [0.25, 0.3) is 5.91 Å². The molecule has 1 amide bonds. The fourth-order valence-corrected chi connectivity index (χ4v) is 2.44. The fraction of sp³-hybridized carbons (Fsp3) is 0.211. The van der Waals surface area contributed by atoms with Gasteiger partial charge in [-0.1, -0.05) is 29.3 Å². The number of hydrazone groups is 1. The second-order valence-corrected chi connectivity index (χ2v) is 6.26. The molecule has 0 spiro atoms. The molecule has 2 aromatic carbocycles. The first-order chi connectivity index (χ1) is 12.9. The third kappa shape index (κ3) is 6.27. The third-order valence-electron chi connectivity index (χ3n) is 3.42. The largest absolute Gasteiger partial charge is 0.480 e. The lowest BCUT2D eigenvalue weighted by Gasteiger charge is -2.08. The topological polar surface area (TPSA) is 77.0 Å². The summed E-state index contributed by atoms with van der Waals surface area (Å²) < 4.78 is 10.1. The highest BCUT2D eigenvalue weighted by Gasteiger charge is 2.08. The van der Waals surface area contributed by atoms with Gasteiger partial charge in [-0.3, -0.25) is 4.79 Å². The normalized spacial score (nSPS) is 10.7. The van der Waals surface area contributed by atoms with Crippen molar-refractivity contribution in [3.05, 3.63) is 63.1 Å². The van der Waals surface area contributed by atoms with Crippen molar-refractivity contribution in [3.63, 3.8) is 0 Å². The molecule has 1 N–H and O–H groups in total. The molecule has 0 bridgehead atoms. The number of amides is 1. The van der Waals surface area contributed by atoms with Gasteiger partial charge in [0.15, 0.2) is 6.61 Å². The minimum absolute atomic E-state index is 0.226. The van der Waals surface area contributed by atoms with Crippen LogP contribution in [0.2, 0.25) is 10.0 Å². The molecule has 6 nitrogen and oxygen atoms in total. The number of benzene rings is 2. The zero-order valence-corrected chi connectivity index (χ0v) is 16.3. The van der Waals surface area contributed by atoms with Gasteiger partial charge in [0.1, 0.15) is 5.75 Å². The van der Waals surface area contributed by atoms with Crippen LogP contribution >= 0.6 is 23.2 Å². The number of hydrogen-bond acceptors (Lipinski definition) is 5. The van der Waals surface area contributed by atoms with Crippen LogP contribution in [0, 0.1) is 6.92 Å². The lowest BCUT2D eigenvalue weighted by molar-refractivity contribution is -0.145. The number of carbonyl (C=O) groups is 2. The average molecular weight is 409 g/mol. The van der Waals surface area contributed by atoms with Crippen LogP contribution in [0.25, 0.3) is 0 Å². The summed E-state index contributed by atoms with van der Waals surface area (Å²) in [5.41, 5.74) is 4.35. The van der Waals surface area contributed by atoms with Crippen LogP contribution in [0.15, 0.2) is 41.5 Å². The molecule has 0 aromatic heterocycles. The van der Waals surface area contributed by atoms with E-state index in [1.165, 1.54) is 6.21 Å². The zero-order valence-electron chi connectivity index (χ0n) is 14.8. The molecule has 2 aromatic rings. The lowest BCUT2D eigenvalue weighted by Crippen LogP contribution is -2.17. The van der Waals surface area contributed by atoms with Crippen molar-refractivity contribution in [1.29, 1.82) is 0 Å². The Hall–Kier alpha value is -2.57. The van der Waals surface area contributed by atoms with Crippen LogP contribution in [-0.4, -0.2) is 31.3 Å². The zero-order chi connectivity index (χ0) is 19.8. The van der Waals surface area contributed by atoms with E-state index in [9.17, 15) is 9.59 Å². The van der Waals surface area contributed by atoms with E-state index in [2.05, 4.69) is 10.5 Å². The molecule has 0 unspecified atom stereocenters. The van der Waals surface area contributed by atoms with Gasteiger partial charge < -0.3 is 9.47 Å². The molecule has 0 saturated carbocycles. The lowest BCUT2D eigenvalue weighted by atomic mass is 10.1. The van der Waals surface area contributed by atoms with E-state index in [-0.39, 0.29) is 19.1 Å². The Labute approximate surface area is 167 Å². The SMILES string of the molecule is CCOC(=O)COc1ccc(/C=N\NC(=O)c2ccc(C)c(Cl)c2)cc1Cl. The minimum atomic E-state index is -0.474. The Balaban J connectivity index is 1.94. The maximum absolute atomic E-state index is 12.0. The molecule has 8 heteroatoms. The molecule has 0 radical (unpaired) electrons. The van der Waals surface area contributed by atoms with Gasteiger partial charge in [-0.15, -0.1) is 0 Å². The van der Waals surface area contributed by atoms with E-state index in [0.29, 0.717) is 26.9 Å². The van der Waals surface area contributed by atoms with Crippen molar-refractivity contribution in [2.45, 2.75) is 13.8 Å². The van der Waals surface area contributed by atoms with Crippen molar-refractivity contribution >= 4 is 41.3 Å². The first-order valence-corrected chi connectivity index (χ1v) is 8.83. The first kappa shape index (κ1) is 20.7. The highest BCUT2D eigenvalue weighted by atomic mass is 35.5. The van der Waals surface area contributed by atoms with E-state index in [1.807, 2.05) is 6.92 Å². The molecule has 2 rings (SSSR count). The summed E-state index contributed by atoms with van der Waals surface area (Å²) in [6, 6.07) is 9.89. The van der Waals surface area contributed by atoms with E-state index in [4.69, 9.17) is 32.7 Å². The molecule has 0 aliphatic rings. The number of halogens is 2. The molecule has 27 heavy (non-hydrogen) atoms. The van der Waals surface area contributed by atoms with Gasteiger partial charge in [-0.05, 0) is 55.3 Å². The van der Waals surface area contributed by atoms with Crippen LogP contribution in [0.3, 0.4) is 0 Å². The van der Waals surface area contributed by atoms with Gasteiger partial charge in [0.2, 0.25) is 0 Å². The maximum atomic E-state index is 12.0. The van der Waals surface area contributed by atoms with Gasteiger partial charge in [0, 0.05) is 10.6 Å². The summed E-state index contributed by atoms with van der Waals surface area (Å²) in [5, 5.41) is 4.71. The van der Waals surface area contributed by atoms with Crippen molar-refractivity contribution < 1.29 is 19.1 Å². The average Bonchev–Trinajstić information content (AvgIpc) is 2.63. The van der Waals surface area contributed by atoms with Gasteiger partial charge in [-0.2, -0.15) is 5.10 Å². The van der Waals surface area contributed by atoms with E-state index < -0.39 is 5.97 Å². The molecule has 0 aliphatic heterocycles. The van der Waals surface area contributed by atoms with Crippen molar-refractivity contribution in [2.75, 3.05) is 13.2 Å². The Bertz CT molecular complexity index is 869. The number of ether oxygens (including phenoxy) is 2. The number of aryl methyl sites for hydroxylation is 1. The Morgan fingerprint density at radius 1 is 1.15 bits per heavy atom. The maximum Gasteiger partial charge on any atom is 0.344 e. The predicted octanol–water partition coefficient (Wildman–Crippen LogP) is 4.01. The van der Waals surface area contributed by atoms with E-state index in [0.717, 1.165) is 5.56 Å².